The van der Waals surface area contributed by atoms with E-state index in [0.717, 1.165) is 203 Å². The van der Waals surface area contributed by atoms with Gasteiger partial charge in [-0.05, 0) is 248 Å². The number of ether oxygens (including phenoxy) is 6. The Morgan fingerprint density at radius 3 is 1.03 bits per heavy atom. The maximum Gasteiger partial charge on any atom is 0.155 e. The number of para-hydroxylation sites is 6. The Bertz CT molecular complexity index is 10400. The van der Waals surface area contributed by atoms with Crippen molar-refractivity contribution in [2.24, 2.45) is 0 Å². The van der Waals surface area contributed by atoms with Crippen molar-refractivity contribution in [1.82, 2.24) is 13.7 Å². The van der Waals surface area contributed by atoms with Crippen LogP contribution in [-0.4, -0.2) is 13.7 Å². The van der Waals surface area contributed by atoms with E-state index >= 15 is 0 Å². The monoisotopic (exact) mass is 1920 g/mol. The van der Waals surface area contributed by atoms with Crippen molar-refractivity contribution >= 4 is 190 Å². The smallest absolute Gasteiger partial charge is 0.155 e. The number of aromatic nitrogens is 3. The molecule has 0 spiro atoms. The summed E-state index contributed by atoms with van der Waals surface area (Å²) >= 11 is 3.69. The predicted molar refractivity (Wildman–Crippen MR) is 604 cm³/mol. The number of hydrogen-bond donors (Lipinski definition) is 0. The minimum Gasteiger partial charge on any atom is -0.453 e. The van der Waals surface area contributed by atoms with Gasteiger partial charge in [-0.15, -0.1) is 22.7 Å². The fourth-order valence-corrected chi connectivity index (χ4v) is 26.7. The van der Waals surface area contributed by atoms with Crippen LogP contribution in [0.3, 0.4) is 0 Å². The van der Waals surface area contributed by atoms with Crippen LogP contribution in [0.4, 0.5) is 51.2 Å². The maximum absolute atomic E-state index is 6.66. The van der Waals surface area contributed by atoms with Gasteiger partial charge >= 0.3 is 0 Å². The molecule has 5 aromatic heterocycles. The normalized spacial score (nSPS) is 13.1. The lowest BCUT2D eigenvalue weighted by molar-refractivity contribution is 0.443. The highest BCUT2D eigenvalue weighted by Gasteiger charge is 2.41. The second kappa shape index (κ2) is 31.1. The molecule has 1 aliphatic carbocycles. The van der Waals surface area contributed by atoms with Gasteiger partial charge < -0.3 is 43.1 Å². The molecule has 12 nitrogen and oxygen atoms in total. The van der Waals surface area contributed by atoms with Crippen LogP contribution >= 0.6 is 22.7 Å². The van der Waals surface area contributed by atoms with Crippen LogP contribution in [-0.2, 0) is 5.41 Å². The molecular formula is C133H80N6O6S2. The van der Waals surface area contributed by atoms with Gasteiger partial charge in [-0.25, -0.2) is 0 Å². The number of hydrogen-bond acceptors (Lipinski definition) is 11. The summed E-state index contributed by atoms with van der Waals surface area (Å²) in [5.41, 5.74) is 31.3. The van der Waals surface area contributed by atoms with Gasteiger partial charge in [-0.3, -0.25) is 13.7 Å². The number of anilines is 9. The third-order valence-corrected chi connectivity index (χ3v) is 33.1. The molecule has 6 aliphatic heterocycles. The van der Waals surface area contributed by atoms with Crippen molar-refractivity contribution in [2.45, 2.75) is 19.3 Å². The Labute approximate surface area is 850 Å². The van der Waals surface area contributed by atoms with Crippen LogP contribution in [0, 0.1) is 0 Å². The molecule has 0 N–H and O–H groups in total. The molecule has 0 bridgehead atoms. The Hall–Kier alpha value is -18.9. The van der Waals surface area contributed by atoms with Gasteiger partial charge in [0.25, 0.3) is 0 Å². The minimum atomic E-state index is -0.0863. The van der Waals surface area contributed by atoms with Crippen LogP contribution in [0.25, 0.3) is 178 Å². The van der Waals surface area contributed by atoms with Gasteiger partial charge in [-0.2, -0.15) is 0 Å². The van der Waals surface area contributed by atoms with Crippen molar-refractivity contribution in [3.8, 4) is 131 Å². The van der Waals surface area contributed by atoms with E-state index in [4.69, 9.17) is 28.4 Å². The lowest BCUT2D eigenvalue weighted by atomic mass is 9.82. The molecule has 0 fully saturated rings. The van der Waals surface area contributed by atoms with E-state index in [1.807, 2.05) is 77.3 Å². The highest BCUT2D eigenvalue weighted by atomic mass is 32.1. The first-order valence-electron chi connectivity index (χ1n) is 49.8. The summed E-state index contributed by atoms with van der Waals surface area (Å²) in [6.07, 6.45) is 0. The van der Waals surface area contributed by atoms with Gasteiger partial charge in [0.2, 0.25) is 0 Å². The highest BCUT2D eigenvalue weighted by Crippen LogP contribution is 2.63. The number of fused-ring (bicyclic) bond motifs is 13. The molecular weight excluding hydrogens is 1840 g/mol. The van der Waals surface area contributed by atoms with E-state index in [-0.39, 0.29) is 5.41 Å². The molecule has 0 saturated heterocycles. The summed E-state index contributed by atoms with van der Waals surface area (Å²) in [5.74, 6) is 9.90. The SMILES string of the molecule is CC1(C)c2ccccc2-c2cc(N(c3cccc(-c4cccc5ccccc45)c3)c3ccc4c5c3c3cccc6c3n5-c3c(cccc3O4)O6)ccc21.c1ccc(-c2cccc(N(c3ccc4c(c3)sc3ccccc34)c3ccc4c5c3c3cccc6c3n5-c3c(cccc3O4)O6)c2)cc1.c1ccc(-c2cccc(N(c3ccc4sc5ccccc5c4c3)c3ccc4c5c3c3cccc6c3n5-c3c(cccc3O4)O6)c2)cc1. The van der Waals surface area contributed by atoms with Crippen molar-refractivity contribution < 1.29 is 28.4 Å². The molecule has 27 aromatic rings. The first kappa shape index (κ1) is 81.8. The average Bonchev–Trinajstić information content (AvgIpc) is 1.54. The Morgan fingerprint density at radius 1 is 0.197 bits per heavy atom. The van der Waals surface area contributed by atoms with Gasteiger partial charge in [0.1, 0.15) is 17.1 Å². The van der Waals surface area contributed by atoms with Crippen molar-refractivity contribution in [3.05, 3.63) is 460 Å². The second-order valence-corrected chi connectivity index (χ2v) is 41.3. The summed E-state index contributed by atoms with van der Waals surface area (Å²) in [6, 6.07) is 160. The zero-order chi connectivity index (χ0) is 96.3. The molecule has 0 amide bonds. The molecule has 0 saturated carbocycles. The van der Waals surface area contributed by atoms with E-state index in [2.05, 4.69) is 437 Å². The molecule has 690 valence electrons. The van der Waals surface area contributed by atoms with E-state index < -0.39 is 0 Å². The summed E-state index contributed by atoms with van der Waals surface area (Å²) in [4.78, 5) is 7.26. The molecule has 0 unspecified atom stereocenters. The lowest BCUT2D eigenvalue weighted by Gasteiger charge is -2.30. The molecule has 34 rings (SSSR count). The number of nitrogens with zero attached hydrogens (tertiary/aromatic N) is 6. The van der Waals surface area contributed by atoms with Crippen LogP contribution in [0.1, 0.15) is 25.0 Å². The molecule has 7 aliphatic rings. The average molecular weight is 1920 g/mol. The quantitative estimate of drug-likeness (QED) is 0.119. The Morgan fingerprint density at radius 2 is 0.524 bits per heavy atom. The topological polar surface area (TPSA) is 79.9 Å². The summed E-state index contributed by atoms with van der Waals surface area (Å²) in [6.45, 7) is 4.68. The van der Waals surface area contributed by atoms with Crippen molar-refractivity contribution in [2.75, 3.05) is 14.7 Å². The number of rotatable bonds is 12. The third-order valence-electron chi connectivity index (χ3n) is 30.8. The molecule has 14 heteroatoms. The standard InChI is InChI=1S/C49H32N2O2.2C42H24N2O2S/c1-49(2)38-19-6-5-16-35(38)37-28-32(23-24-39(37)49)50(31-14-7-13-30(27-31)34-17-8-12-29-11-3-4-15-33(29)34)40-25-26-44-48-45(40)36-18-9-20-41-46(36)51(48)47-42(52-41)21-10-22-43(47)53-44;1-2-9-25(10-3-1)26-11-6-12-27(23-26)43(28-19-22-38-31(24-28)29-13-4-5-18-37(29)47-38)32-20-21-36-42-39(32)30-14-7-15-33-40(30)44(42)41-34(45-33)16-8-17-35(41)46-36;1-2-9-25(10-3-1)26-11-6-12-27(23-26)43(28-19-20-30-29-13-4-5-18-37(29)47-38(30)24-28)32-21-22-36-42-39(32)31-14-7-15-33-40(31)44(42)41-34(45-33)16-8-17-35(41)46-36/h3-28H,1-2H3;2*1-24H. The minimum absolute atomic E-state index is 0.0863. The number of thiophene rings is 2. The molecule has 147 heavy (non-hydrogen) atoms. The lowest BCUT2D eigenvalue weighted by Crippen LogP contribution is -2.15. The van der Waals surface area contributed by atoms with Crippen LogP contribution in [0.5, 0.6) is 69.0 Å². The fourth-order valence-electron chi connectivity index (χ4n) is 24.5. The van der Waals surface area contributed by atoms with Crippen LogP contribution < -0.4 is 43.1 Å². The van der Waals surface area contributed by atoms with Crippen LogP contribution in [0.2, 0.25) is 0 Å². The molecule has 11 heterocycles. The maximum atomic E-state index is 6.66. The van der Waals surface area contributed by atoms with Crippen LogP contribution in [0.15, 0.2) is 449 Å². The zero-order valence-electron chi connectivity index (χ0n) is 79.2. The number of benzene rings is 22. The van der Waals surface area contributed by atoms with Crippen molar-refractivity contribution in [1.29, 1.82) is 0 Å². The molecule has 0 radical (unpaired) electrons. The summed E-state index contributed by atoms with van der Waals surface area (Å²) in [5, 5.41) is 14.4. The van der Waals surface area contributed by atoms with E-state index in [9.17, 15) is 0 Å². The molecule has 0 atom stereocenters. The molecule has 22 aromatic carbocycles. The first-order valence-corrected chi connectivity index (χ1v) is 51.4. The van der Waals surface area contributed by atoms with Gasteiger partial charge in [0.15, 0.2) is 69.0 Å². The highest BCUT2D eigenvalue weighted by molar-refractivity contribution is 7.26. The van der Waals surface area contributed by atoms with Crippen molar-refractivity contribution in [3.63, 3.8) is 0 Å². The Kier molecular flexibility index (Phi) is 17.3. The van der Waals surface area contributed by atoms with Gasteiger partial charge in [0, 0.05) is 112 Å². The summed E-state index contributed by atoms with van der Waals surface area (Å²) < 4.78 is 51.6. The van der Waals surface area contributed by atoms with Gasteiger partial charge in [0.05, 0.1) is 50.2 Å². The van der Waals surface area contributed by atoms with E-state index in [0.29, 0.717) is 0 Å². The van der Waals surface area contributed by atoms with E-state index in [1.165, 1.54) is 107 Å². The Balaban J connectivity index is 0.0000000982. The second-order valence-electron chi connectivity index (χ2n) is 39.2. The first-order chi connectivity index (χ1) is 72.6. The van der Waals surface area contributed by atoms with E-state index in [1.54, 1.807) is 0 Å². The third kappa shape index (κ3) is 12.0. The zero-order valence-corrected chi connectivity index (χ0v) is 80.8. The largest absolute Gasteiger partial charge is 0.453 e. The van der Waals surface area contributed by atoms with Gasteiger partial charge in [-0.1, -0.05) is 281 Å². The fraction of sp³-hybridized carbons (Fsp3) is 0.0226. The summed E-state index contributed by atoms with van der Waals surface area (Å²) in [7, 11) is 0. The predicted octanol–water partition coefficient (Wildman–Crippen LogP) is 38.6.